The van der Waals surface area contributed by atoms with Gasteiger partial charge in [-0.05, 0) is 49.5 Å². The lowest BCUT2D eigenvalue weighted by atomic mass is 9.86. The van der Waals surface area contributed by atoms with E-state index in [-0.39, 0.29) is 11.5 Å². The van der Waals surface area contributed by atoms with Crippen LogP contribution in [0.1, 0.15) is 29.9 Å². The fraction of sp³-hybridized carbons (Fsp3) is 0.500. The van der Waals surface area contributed by atoms with Crippen molar-refractivity contribution in [3.63, 3.8) is 0 Å². The van der Waals surface area contributed by atoms with Crippen molar-refractivity contribution in [2.45, 2.75) is 24.9 Å². The molecule has 1 aromatic rings. The minimum atomic E-state index is -4.50. The van der Waals surface area contributed by atoms with Gasteiger partial charge in [0.25, 0.3) is 0 Å². The molecule has 1 heterocycles. The molecule has 1 aromatic carbocycles. The van der Waals surface area contributed by atoms with Gasteiger partial charge in [-0.15, -0.1) is 0 Å². The van der Waals surface area contributed by atoms with Crippen LogP contribution in [0.3, 0.4) is 0 Å². The Hall–Kier alpha value is -1.30. The Morgan fingerprint density at radius 3 is 2.33 bits per heavy atom. The maximum Gasteiger partial charge on any atom is 0.416 e. The largest absolute Gasteiger partial charge is 0.416 e. The number of hydrogen-bond acceptors (Lipinski definition) is 2. The van der Waals surface area contributed by atoms with Crippen LogP contribution in [0.25, 0.3) is 0 Å². The van der Waals surface area contributed by atoms with E-state index in [0.29, 0.717) is 32.0 Å². The molecule has 0 aromatic heterocycles. The third kappa shape index (κ3) is 2.58. The van der Waals surface area contributed by atoms with Crippen molar-refractivity contribution >= 4 is 5.69 Å². The zero-order chi connectivity index (χ0) is 13.3. The van der Waals surface area contributed by atoms with Gasteiger partial charge in [0.05, 0.1) is 11.3 Å². The number of hydrogen-bond donors (Lipinski definition) is 2. The van der Waals surface area contributed by atoms with E-state index in [1.165, 1.54) is 0 Å². The molecule has 18 heavy (non-hydrogen) atoms. The predicted molar refractivity (Wildman–Crippen MR) is 60.7 cm³/mol. The average Bonchev–Trinajstić information content (AvgIpc) is 2.32. The van der Waals surface area contributed by atoms with Crippen molar-refractivity contribution in [3.8, 4) is 0 Å². The molecule has 2 rings (SSSR count). The normalized spacial score (nSPS) is 18.0. The van der Waals surface area contributed by atoms with E-state index in [2.05, 4.69) is 5.32 Å². The van der Waals surface area contributed by atoms with E-state index in [0.717, 1.165) is 6.07 Å². The first-order valence-corrected chi connectivity index (χ1v) is 5.76. The standard InChI is InChI=1S/C12H14F4N2/c13-10-5-8(7-1-3-18-4-2-7)9(6-11(10)17)12(14,15)16/h5-7,18H,1-4,17H2. The molecule has 1 saturated heterocycles. The second-order valence-electron chi connectivity index (χ2n) is 4.48. The molecule has 0 aliphatic carbocycles. The van der Waals surface area contributed by atoms with Gasteiger partial charge in [-0.3, -0.25) is 0 Å². The van der Waals surface area contributed by atoms with Crippen molar-refractivity contribution in [2.75, 3.05) is 18.8 Å². The van der Waals surface area contributed by atoms with E-state index < -0.39 is 23.2 Å². The van der Waals surface area contributed by atoms with Gasteiger partial charge >= 0.3 is 6.18 Å². The number of nitrogen functional groups attached to an aromatic ring is 1. The Kier molecular flexibility index (Phi) is 3.47. The summed E-state index contributed by atoms with van der Waals surface area (Å²) in [6, 6.07) is 1.64. The van der Waals surface area contributed by atoms with Gasteiger partial charge < -0.3 is 11.1 Å². The minimum Gasteiger partial charge on any atom is -0.396 e. The quantitative estimate of drug-likeness (QED) is 0.603. The fourth-order valence-electron chi connectivity index (χ4n) is 2.32. The predicted octanol–water partition coefficient (Wildman–Crippen LogP) is 2.89. The lowest BCUT2D eigenvalue weighted by Crippen LogP contribution is -2.28. The topological polar surface area (TPSA) is 38.0 Å². The summed E-state index contributed by atoms with van der Waals surface area (Å²) in [4.78, 5) is 0. The summed E-state index contributed by atoms with van der Waals surface area (Å²) in [5, 5.41) is 3.07. The maximum atomic E-state index is 13.4. The van der Waals surface area contributed by atoms with Crippen LogP contribution in [0, 0.1) is 5.82 Å². The number of halogens is 4. The SMILES string of the molecule is Nc1cc(C(F)(F)F)c(C2CCNCC2)cc1F. The molecule has 0 saturated carbocycles. The highest BCUT2D eigenvalue weighted by atomic mass is 19.4. The van der Waals surface area contributed by atoms with Gasteiger partial charge in [0.2, 0.25) is 0 Å². The molecule has 1 aliphatic heterocycles. The summed E-state index contributed by atoms with van der Waals surface area (Å²) < 4.78 is 52.2. The van der Waals surface area contributed by atoms with Gasteiger partial charge in [-0.2, -0.15) is 13.2 Å². The molecule has 2 nitrogen and oxygen atoms in total. The van der Waals surface area contributed by atoms with Gasteiger partial charge in [0.1, 0.15) is 5.82 Å². The van der Waals surface area contributed by atoms with E-state index in [1.54, 1.807) is 0 Å². The number of rotatable bonds is 1. The zero-order valence-electron chi connectivity index (χ0n) is 9.65. The third-order valence-corrected chi connectivity index (χ3v) is 3.25. The van der Waals surface area contributed by atoms with Crippen LogP contribution in [0.4, 0.5) is 23.2 Å². The van der Waals surface area contributed by atoms with Crippen molar-refractivity contribution in [1.82, 2.24) is 5.32 Å². The van der Waals surface area contributed by atoms with Gasteiger partial charge in [0, 0.05) is 0 Å². The molecule has 1 fully saturated rings. The number of nitrogens with two attached hydrogens (primary N) is 1. The monoisotopic (exact) mass is 262 g/mol. The molecule has 100 valence electrons. The van der Waals surface area contributed by atoms with Crippen molar-refractivity contribution < 1.29 is 17.6 Å². The highest BCUT2D eigenvalue weighted by molar-refractivity contribution is 5.48. The smallest absolute Gasteiger partial charge is 0.396 e. The van der Waals surface area contributed by atoms with Crippen molar-refractivity contribution in [3.05, 3.63) is 29.1 Å². The number of nitrogens with one attached hydrogen (secondary N) is 1. The Labute approximate surface area is 102 Å². The molecule has 3 N–H and O–H groups in total. The molecular formula is C12H14F4N2. The number of benzene rings is 1. The summed E-state index contributed by atoms with van der Waals surface area (Å²) in [6.07, 6.45) is -3.35. The Balaban J connectivity index is 2.46. The molecular weight excluding hydrogens is 248 g/mol. The van der Waals surface area contributed by atoms with Gasteiger partial charge in [-0.25, -0.2) is 4.39 Å². The van der Waals surface area contributed by atoms with E-state index in [1.807, 2.05) is 0 Å². The second kappa shape index (κ2) is 4.76. The summed E-state index contributed by atoms with van der Waals surface area (Å²) in [7, 11) is 0. The summed E-state index contributed by atoms with van der Waals surface area (Å²) in [5.41, 5.74) is 3.98. The Morgan fingerprint density at radius 1 is 1.17 bits per heavy atom. The fourth-order valence-corrected chi connectivity index (χ4v) is 2.32. The summed E-state index contributed by atoms with van der Waals surface area (Å²) >= 11 is 0. The molecule has 0 spiro atoms. The lowest BCUT2D eigenvalue weighted by Gasteiger charge is -2.26. The highest BCUT2D eigenvalue weighted by Crippen LogP contribution is 2.39. The molecule has 0 unspecified atom stereocenters. The maximum absolute atomic E-state index is 13.4. The first-order chi connectivity index (χ1) is 8.39. The van der Waals surface area contributed by atoms with Crippen LogP contribution in [0.2, 0.25) is 0 Å². The summed E-state index contributed by atoms with van der Waals surface area (Å²) in [6.45, 7) is 1.29. The van der Waals surface area contributed by atoms with Crippen LogP contribution in [-0.4, -0.2) is 13.1 Å². The van der Waals surface area contributed by atoms with Crippen LogP contribution in [0.15, 0.2) is 12.1 Å². The number of anilines is 1. The van der Waals surface area contributed by atoms with Crippen molar-refractivity contribution in [1.29, 1.82) is 0 Å². The average molecular weight is 262 g/mol. The molecule has 0 radical (unpaired) electrons. The van der Waals surface area contributed by atoms with Gasteiger partial charge in [0.15, 0.2) is 0 Å². The molecule has 0 amide bonds. The lowest BCUT2D eigenvalue weighted by molar-refractivity contribution is -0.138. The van der Waals surface area contributed by atoms with Gasteiger partial charge in [-0.1, -0.05) is 0 Å². The third-order valence-electron chi connectivity index (χ3n) is 3.25. The zero-order valence-corrected chi connectivity index (χ0v) is 9.65. The number of piperidine rings is 1. The molecule has 1 aliphatic rings. The Morgan fingerprint density at radius 2 is 1.78 bits per heavy atom. The van der Waals surface area contributed by atoms with Crippen LogP contribution in [0.5, 0.6) is 0 Å². The van der Waals surface area contributed by atoms with Crippen LogP contribution in [-0.2, 0) is 6.18 Å². The minimum absolute atomic E-state index is 0.0238. The summed E-state index contributed by atoms with van der Waals surface area (Å²) in [5.74, 6) is -1.05. The van der Waals surface area contributed by atoms with E-state index >= 15 is 0 Å². The van der Waals surface area contributed by atoms with Crippen molar-refractivity contribution in [2.24, 2.45) is 0 Å². The Bertz CT molecular complexity index is 436. The first kappa shape index (κ1) is 13.1. The number of alkyl halides is 3. The first-order valence-electron chi connectivity index (χ1n) is 5.76. The highest BCUT2D eigenvalue weighted by Gasteiger charge is 2.36. The molecule has 0 bridgehead atoms. The molecule has 6 heteroatoms. The van der Waals surface area contributed by atoms with E-state index in [4.69, 9.17) is 5.73 Å². The van der Waals surface area contributed by atoms with Crippen LogP contribution >= 0.6 is 0 Å². The van der Waals surface area contributed by atoms with Crippen LogP contribution < -0.4 is 11.1 Å². The van der Waals surface area contributed by atoms with E-state index in [9.17, 15) is 17.6 Å². The second-order valence-corrected chi connectivity index (χ2v) is 4.48. The molecule has 0 atom stereocenters.